The molecule has 0 saturated heterocycles. The number of rotatable bonds is 4. The molecule has 0 aromatic carbocycles. The van der Waals surface area contributed by atoms with Crippen molar-refractivity contribution < 1.29 is 4.92 Å². The fraction of sp³-hybridized carbons (Fsp3) is 0.300. The van der Waals surface area contributed by atoms with E-state index in [9.17, 15) is 10.1 Å². The molecule has 0 atom stereocenters. The smallest absolute Gasteiger partial charge is 0.358 e. The van der Waals surface area contributed by atoms with E-state index in [0.29, 0.717) is 21.1 Å². The number of nitrogens with one attached hydrogen (secondary N) is 1. The molecule has 4 rings (SSSR count). The third kappa shape index (κ3) is 1.88. The first-order valence-corrected chi connectivity index (χ1v) is 7.62. The zero-order valence-corrected chi connectivity index (χ0v) is 11.6. The van der Waals surface area contributed by atoms with E-state index >= 15 is 0 Å². The van der Waals surface area contributed by atoms with E-state index in [0.717, 1.165) is 30.4 Å². The van der Waals surface area contributed by atoms with Crippen LogP contribution in [0.5, 0.6) is 0 Å². The molecule has 1 aliphatic carbocycles. The second-order valence-electron chi connectivity index (χ2n) is 4.43. The molecule has 0 aliphatic heterocycles. The van der Waals surface area contributed by atoms with Gasteiger partial charge in [0.05, 0.1) is 0 Å². The molecule has 3 aromatic rings. The molecule has 1 aliphatic rings. The van der Waals surface area contributed by atoms with Crippen molar-refractivity contribution in [2.24, 2.45) is 0 Å². The Kier molecular flexibility index (Phi) is 2.54. The summed E-state index contributed by atoms with van der Waals surface area (Å²) >= 11 is 2.47. The number of fused-ring (bicyclic) bond motifs is 1. The summed E-state index contributed by atoms with van der Waals surface area (Å²) in [5.74, 6) is 1.29. The molecule has 1 saturated carbocycles. The zero-order valence-electron chi connectivity index (χ0n) is 10.0. The van der Waals surface area contributed by atoms with Gasteiger partial charge in [-0.1, -0.05) is 11.3 Å². The Morgan fingerprint density at radius 2 is 2.35 bits per heavy atom. The second kappa shape index (κ2) is 4.28. The van der Waals surface area contributed by atoms with Crippen molar-refractivity contribution >= 4 is 33.9 Å². The Morgan fingerprint density at radius 3 is 3.10 bits per heavy atom. The lowest BCUT2D eigenvalue weighted by molar-refractivity contribution is -0.393. The van der Waals surface area contributed by atoms with Crippen LogP contribution in [0, 0.1) is 10.1 Å². The molecule has 102 valence electrons. The molecule has 10 heteroatoms. The van der Waals surface area contributed by atoms with Gasteiger partial charge in [-0.15, -0.1) is 5.10 Å². The van der Waals surface area contributed by atoms with Crippen LogP contribution in [0.15, 0.2) is 21.8 Å². The van der Waals surface area contributed by atoms with Crippen LogP contribution < -0.4 is 0 Å². The molecule has 3 aromatic heterocycles. The summed E-state index contributed by atoms with van der Waals surface area (Å²) in [6, 6.07) is 0. The molecule has 0 radical (unpaired) electrons. The van der Waals surface area contributed by atoms with E-state index in [4.69, 9.17) is 0 Å². The maximum Gasteiger partial charge on any atom is 0.363 e. The highest BCUT2D eigenvalue weighted by Crippen LogP contribution is 2.39. The molecule has 0 unspecified atom stereocenters. The van der Waals surface area contributed by atoms with Gasteiger partial charge in [0.2, 0.25) is 10.2 Å². The van der Waals surface area contributed by atoms with Crippen LogP contribution in [0.2, 0.25) is 0 Å². The van der Waals surface area contributed by atoms with Crippen LogP contribution >= 0.6 is 23.1 Å². The number of hydrogen-bond acceptors (Lipinski definition) is 7. The van der Waals surface area contributed by atoms with Crippen LogP contribution in [0.1, 0.15) is 24.6 Å². The van der Waals surface area contributed by atoms with Crippen molar-refractivity contribution in [2.75, 3.05) is 0 Å². The number of nitrogens with zero attached hydrogens (tertiary/aromatic N) is 5. The summed E-state index contributed by atoms with van der Waals surface area (Å²) in [4.78, 5) is 20.0. The molecule has 0 amide bonds. The third-order valence-corrected chi connectivity index (χ3v) is 4.60. The number of aromatic amines is 1. The highest BCUT2D eigenvalue weighted by Gasteiger charge is 2.29. The first-order chi connectivity index (χ1) is 9.72. The summed E-state index contributed by atoms with van der Waals surface area (Å²) < 4.78 is 1.47. The number of nitro groups is 1. The Balaban J connectivity index is 1.71. The van der Waals surface area contributed by atoms with Gasteiger partial charge in [-0.05, 0) is 29.5 Å². The third-order valence-electron chi connectivity index (χ3n) is 3.01. The van der Waals surface area contributed by atoms with Gasteiger partial charge < -0.3 is 10.1 Å². The summed E-state index contributed by atoms with van der Waals surface area (Å²) in [5, 5.41) is 20.7. The topological polar surface area (TPSA) is 102 Å². The predicted molar refractivity (Wildman–Crippen MR) is 72.2 cm³/mol. The minimum Gasteiger partial charge on any atom is -0.358 e. The van der Waals surface area contributed by atoms with E-state index in [1.165, 1.54) is 15.7 Å². The van der Waals surface area contributed by atoms with Crippen LogP contribution in [0.4, 0.5) is 5.82 Å². The van der Waals surface area contributed by atoms with Gasteiger partial charge in [0.25, 0.3) is 4.96 Å². The standard InChI is InChI=1S/C10H8N6O2S2/c17-16(18)8-7(12-10-15(8)3-4-19-10)20-9-11-6(13-14-9)5-1-2-5/h3-5H,1-2H2,(H,11,13,14). The molecule has 20 heavy (non-hydrogen) atoms. The Morgan fingerprint density at radius 1 is 1.50 bits per heavy atom. The zero-order chi connectivity index (χ0) is 13.7. The predicted octanol–water partition coefficient (Wildman–Crippen LogP) is 2.45. The summed E-state index contributed by atoms with van der Waals surface area (Å²) in [6.07, 6.45) is 3.89. The SMILES string of the molecule is O=[N+]([O-])c1c(Sc2n[nH]c(C3CC3)n2)nc2sccn12. The lowest BCUT2D eigenvalue weighted by Crippen LogP contribution is -1.93. The molecular formula is C10H8N6O2S2. The summed E-state index contributed by atoms with van der Waals surface area (Å²) in [5.41, 5.74) is 0. The van der Waals surface area contributed by atoms with Gasteiger partial charge in [-0.2, -0.15) is 9.38 Å². The number of aromatic nitrogens is 5. The normalized spacial score (nSPS) is 15.0. The molecule has 1 N–H and O–H groups in total. The maximum absolute atomic E-state index is 11.2. The number of hydrogen-bond donors (Lipinski definition) is 1. The summed E-state index contributed by atoms with van der Waals surface area (Å²) in [6.45, 7) is 0. The summed E-state index contributed by atoms with van der Waals surface area (Å²) in [7, 11) is 0. The van der Waals surface area contributed by atoms with Crippen molar-refractivity contribution in [3.8, 4) is 0 Å². The van der Waals surface area contributed by atoms with E-state index in [2.05, 4.69) is 20.2 Å². The number of H-pyrrole nitrogens is 1. The van der Waals surface area contributed by atoms with Crippen molar-refractivity contribution in [3.05, 3.63) is 27.5 Å². The van der Waals surface area contributed by atoms with Crippen molar-refractivity contribution in [2.45, 2.75) is 28.9 Å². The maximum atomic E-state index is 11.2. The van der Waals surface area contributed by atoms with Crippen molar-refractivity contribution in [1.29, 1.82) is 0 Å². The Labute approximate surface area is 120 Å². The van der Waals surface area contributed by atoms with Gasteiger partial charge in [0, 0.05) is 11.3 Å². The van der Waals surface area contributed by atoms with E-state index in [1.54, 1.807) is 11.6 Å². The first-order valence-electron chi connectivity index (χ1n) is 5.92. The first kappa shape index (κ1) is 11.9. The lowest BCUT2D eigenvalue weighted by atomic mass is 10.4. The average Bonchev–Trinajstić information content (AvgIpc) is 2.82. The van der Waals surface area contributed by atoms with Crippen LogP contribution in [0.25, 0.3) is 4.96 Å². The van der Waals surface area contributed by atoms with Gasteiger partial charge in [0.1, 0.15) is 12.0 Å². The molecule has 3 heterocycles. The fourth-order valence-electron chi connectivity index (χ4n) is 1.92. The van der Waals surface area contributed by atoms with Gasteiger partial charge in [0.15, 0.2) is 0 Å². The Hall–Kier alpha value is -1.94. The Bertz CT molecular complexity index is 802. The van der Waals surface area contributed by atoms with Gasteiger partial charge in [-0.3, -0.25) is 5.10 Å². The van der Waals surface area contributed by atoms with E-state index in [-0.39, 0.29) is 5.82 Å². The molecule has 0 bridgehead atoms. The quantitative estimate of drug-likeness (QED) is 0.586. The highest BCUT2D eigenvalue weighted by molar-refractivity contribution is 7.99. The average molecular weight is 308 g/mol. The highest BCUT2D eigenvalue weighted by atomic mass is 32.2. The number of imidazole rings is 1. The van der Waals surface area contributed by atoms with Crippen LogP contribution in [0.3, 0.4) is 0 Å². The van der Waals surface area contributed by atoms with Crippen LogP contribution in [-0.4, -0.2) is 29.5 Å². The van der Waals surface area contributed by atoms with Crippen LogP contribution in [-0.2, 0) is 0 Å². The van der Waals surface area contributed by atoms with Gasteiger partial charge >= 0.3 is 5.82 Å². The molecule has 1 fully saturated rings. The van der Waals surface area contributed by atoms with Crippen molar-refractivity contribution in [1.82, 2.24) is 24.6 Å². The fourth-order valence-corrected chi connectivity index (χ4v) is 3.49. The molecular weight excluding hydrogens is 300 g/mol. The molecule has 0 spiro atoms. The second-order valence-corrected chi connectivity index (χ2v) is 6.26. The minimum atomic E-state index is -0.427. The number of thiazole rings is 1. The molecule has 8 nitrogen and oxygen atoms in total. The largest absolute Gasteiger partial charge is 0.363 e. The van der Waals surface area contributed by atoms with Crippen molar-refractivity contribution in [3.63, 3.8) is 0 Å². The lowest BCUT2D eigenvalue weighted by Gasteiger charge is -1.94. The minimum absolute atomic E-state index is 0.0379. The van der Waals surface area contributed by atoms with E-state index in [1.807, 2.05) is 0 Å². The van der Waals surface area contributed by atoms with Gasteiger partial charge in [-0.25, -0.2) is 4.98 Å². The monoisotopic (exact) mass is 308 g/mol. The van der Waals surface area contributed by atoms with E-state index < -0.39 is 4.92 Å².